The van der Waals surface area contributed by atoms with E-state index in [0.29, 0.717) is 82.1 Å². The number of anilines is 1. The second-order valence-electron chi connectivity index (χ2n) is 8.43. The number of nitrogens with two attached hydrogens (primary N) is 1. The predicted octanol–water partition coefficient (Wildman–Crippen LogP) is 1.01. The summed E-state index contributed by atoms with van der Waals surface area (Å²) in [5.41, 5.74) is 6.89. The number of rotatable bonds is 19. The maximum atomic E-state index is 12.2. The van der Waals surface area contributed by atoms with E-state index in [2.05, 4.69) is 41.0 Å². The average Bonchev–Trinajstić information content (AvgIpc) is 2.99. The summed E-state index contributed by atoms with van der Waals surface area (Å²) in [6.07, 6.45) is 4.74. The molecule has 0 aliphatic rings. The second-order valence-corrected chi connectivity index (χ2v) is 8.43. The van der Waals surface area contributed by atoms with E-state index in [0.717, 1.165) is 6.42 Å². The number of amides is 2. The van der Waals surface area contributed by atoms with E-state index in [1.54, 1.807) is 30.5 Å². The number of aromatic nitrogens is 6. The first-order valence-corrected chi connectivity index (χ1v) is 13.1. The molecule has 0 aromatic carbocycles. The summed E-state index contributed by atoms with van der Waals surface area (Å²) in [5, 5.41) is 21.7. The quantitative estimate of drug-likeness (QED) is 0.179. The fourth-order valence-corrected chi connectivity index (χ4v) is 3.20. The van der Waals surface area contributed by atoms with Gasteiger partial charge in [-0.15, -0.1) is 20.4 Å². The Hall–Kier alpha value is -3.98. The molecule has 0 unspecified atom stereocenters. The van der Waals surface area contributed by atoms with Crippen molar-refractivity contribution in [3.8, 4) is 23.0 Å². The lowest BCUT2D eigenvalue weighted by molar-refractivity contribution is -0.124. The minimum absolute atomic E-state index is 0.0449. The van der Waals surface area contributed by atoms with Gasteiger partial charge in [-0.3, -0.25) is 19.6 Å². The Morgan fingerprint density at radius 1 is 0.725 bits per heavy atom. The van der Waals surface area contributed by atoms with Crippen LogP contribution in [0.5, 0.6) is 0 Å². The first kappa shape index (κ1) is 30.6. The smallest absolute Gasteiger partial charge is 0.224 e. The van der Waals surface area contributed by atoms with Crippen LogP contribution in [-0.2, 0) is 23.8 Å². The van der Waals surface area contributed by atoms with Gasteiger partial charge in [0.15, 0.2) is 0 Å². The van der Waals surface area contributed by atoms with Crippen LogP contribution in [0.2, 0.25) is 0 Å². The van der Waals surface area contributed by atoms with Crippen molar-refractivity contribution in [2.24, 2.45) is 5.73 Å². The van der Waals surface area contributed by atoms with E-state index in [-0.39, 0.29) is 30.5 Å². The summed E-state index contributed by atoms with van der Waals surface area (Å²) in [6.45, 7) is 4.27. The molecule has 14 heteroatoms. The molecule has 3 heterocycles. The van der Waals surface area contributed by atoms with Crippen molar-refractivity contribution in [3.05, 3.63) is 42.7 Å². The highest BCUT2D eigenvalue weighted by molar-refractivity contribution is 5.93. The molecule has 0 radical (unpaired) electrons. The predicted molar refractivity (Wildman–Crippen MR) is 146 cm³/mol. The highest BCUT2D eigenvalue weighted by atomic mass is 16.5. The Bertz CT molecular complexity index is 1140. The van der Waals surface area contributed by atoms with Crippen LogP contribution >= 0.6 is 0 Å². The summed E-state index contributed by atoms with van der Waals surface area (Å²) in [4.78, 5) is 32.6. The van der Waals surface area contributed by atoms with E-state index in [1.807, 2.05) is 6.07 Å². The fraction of sp³-hybridized carbons (Fsp3) is 0.462. The molecule has 0 fully saturated rings. The number of pyridine rings is 2. The monoisotopic (exact) mass is 553 g/mol. The Morgan fingerprint density at radius 3 is 1.95 bits per heavy atom. The molecule has 3 aromatic rings. The average molecular weight is 554 g/mol. The number of hydrogen-bond acceptors (Lipinski definition) is 12. The number of nitrogens with one attached hydrogen (secondary N) is 2. The van der Waals surface area contributed by atoms with Crippen LogP contribution in [-0.4, -0.2) is 94.9 Å². The third-order valence-corrected chi connectivity index (χ3v) is 5.25. The summed E-state index contributed by atoms with van der Waals surface area (Å²) in [7, 11) is 0. The molecule has 0 aliphatic carbocycles. The van der Waals surface area contributed by atoms with E-state index in [4.69, 9.17) is 19.9 Å². The third-order valence-electron chi connectivity index (χ3n) is 5.25. The molecule has 14 nitrogen and oxygen atoms in total. The molecular formula is C26H35N9O5. The molecule has 3 rings (SSSR count). The van der Waals surface area contributed by atoms with Gasteiger partial charge in [0, 0.05) is 38.8 Å². The summed E-state index contributed by atoms with van der Waals surface area (Å²) < 4.78 is 16.2. The molecule has 3 aromatic heterocycles. The molecule has 0 spiro atoms. The van der Waals surface area contributed by atoms with Gasteiger partial charge in [-0.25, -0.2) is 0 Å². The molecular weight excluding hydrogens is 518 g/mol. The van der Waals surface area contributed by atoms with Gasteiger partial charge in [0.25, 0.3) is 0 Å². The molecule has 40 heavy (non-hydrogen) atoms. The van der Waals surface area contributed by atoms with Crippen LogP contribution in [0.15, 0.2) is 42.7 Å². The van der Waals surface area contributed by atoms with Gasteiger partial charge in [0.1, 0.15) is 11.4 Å². The standard InChI is InChI=1S/C26H35N9O5/c27-10-3-13-38-15-17-40-18-16-39-14-4-12-29-23(36)8-9-24(37)31-20-6-7-22(30-19-20)26-34-32-25(33-35-26)21-5-1-2-11-28-21/h1-2,5-7,11,19H,3-4,8-10,12-18,27H2,(H,29,36)(H,31,37). The van der Waals surface area contributed by atoms with E-state index < -0.39 is 0 Å². The van der Waals surface area contributed by atoms with Gasteiger partial charge in [0.2, 0.25) is 23.5 Å². The highest BCUT2D eigenvalue weighted by Crippen LogP contribution is 2.15. The maximum absolute atomic E-state index is 12.2. The number of carbonyl (C=O) groups excluding carboxylic acids is 2. The van der Waals surface area contributed by atoms with Gasteiger partial charge in [0.05, 0.1) is 38.3 Å². The molecule has 0 saturated heterocycles. The molecule has 4 N–H and O–H groups in total. The van der Waals surface area contributed by atoms with Crippen molar-refractivity contribution < 1.29 is 23.8 Å². The number of ether oxygens (including phenoxy) is 3. The second kappa shape index (κ2) is 18.3. The number of carbonyl (C=O) groups is 2. The molecule has 214 valence electrons. The van der Waals surface area contributed by atoms with Crippen LogP contribution in [0.1, 0.15) is 25.7 Å². The molecule has 0 aliphatic heterocycles. The Morgan fingerprint density at radius 2 is 1.35 bits per heavy atom. The molecule has 0 saturated carbocycles. The SMILES string of the molecule is NCCCOCCOCCOCCCNC(=O)CCC(=O)Nc1ccc(-c2nnc(-c3ccccn3)nn2)nc1. The van der Waals surface area contributed by atoms with Crippen LogP contribution in [0, 0.1) is 0 Å². The zero-order valence-corrected chi connectivity index (χ0v) is 22.3. The first-order chi connectivity index (χ1) is 19.7. The maximum Gasteiger partial charge on any atom is 0.224 e. The first-order valence-electron chi connectivity index (χ1n) is 13.1. The summed E-state index contributed by atoms with van der Waals surface area (Å²) in [6, 6.07) is 8.69. The van der Waals surface area contributed by atoms with Crippen molar-refractivity contribution in [3.63, 3.8) is 0 Å². The van der Waals surface area contributed by atoms with Crippen molar-refractivity contribution >= 4 is 17.5 Å². The van der Waals surface area contributed by atoms with Crippen LogP contribution in [0.25, 0.3) is 23.0 Å². The zero-order chi connectivity index (χ0) is 28.3. The van der Waals surface area contributed by atoms with E-state index >= 15 is 0 Å². The van der Waals surface area contributed by atoms with Crippen LogP contribution < -0.4 is 16.4 Å². The minimum atomic E-state index is -0.294. The Balaban J connectivity index is 1.23. The van der Waals surface area contributed by atoms with E-state index in [9.17, 15) is 9.59 Å². The van der Waals surface area contributed by atoms with Gasteiger partial charge < -0.3 is 30.6 Å². The Kier molecular flexibility index (Phi) is 14.0. The minimum Gasteiger partial charge on any atom is -0.379 e. The lowest BCUT2D eigenvalue weighted by Gasteiger charge is -2.08. The molecule has 2 amide bonds. The van der Waals surface area contributed by atoms with Gasteiger partial charge in [-0.05, 0) is 43.7 Å². The van der Waals surface area contributed by atoms with Crippen molar-refractivity contribution in [2.75, 3.05) is 58.0 Å². The topological polar surface area (TPSA) is 189 Å². The molecule has 0 atom stereocenters. The Labute approximate surface area is 232 Å². The van der Waals surface area contributed by atoms with Crippen LogP contribution in [0.4, 0.5) is 5.69 Å². The highest BCUT2D eigenvalue weighted by Gasteiger charge is 2.10. The lowest BCUT2D eigenvalue weighted by Crippen LogP contribution is -2.26. The summed E-state index contributed by atoms with van der Waals surface area (Å²) >= 11 is 0. The molecule has 0 bridgehead atoms. The van der Waals surface area contributed by atoms with Gasteiger partial charge >= 0.3 is 0 Å². The van der Waals surface area contributed by atoms with Gasteiger partial charge in [-0.2, -0.15) is 0 Å². The number of nitrogens with zero attached hydrogens (tertiary/aromatic N) is 6. The largest absolute Gasteiger partial charge is 0.379 e. The van der Waals surface area contributed by atoms with Crippen molar-refractivity contribution in [1.82, 2.24) is 35.7 Å². The van der Waals surface area contributed by atoms with Crippen LogP contribution in [0.3, 0.4) is 0 Å². The summed E-state index contributed by atoms with van der Waals surface area (Å²) in [5.74, 6) is 0.0565. The zero-order valence-electron chi connectivity index (χ0n) is 22.3. The normalized spacial score (nSPS) is 10.8. The van der Waals surface area contributed by atoms with Crippen molar-refractivity contribution in [1.29, 1.82) is 0 Å². The van der Waals surface area contributed by atoms with Crippen molar-refractivity contribution in [2.45, 2.75) is 25.7 Å². The lowest BCUT2D eigenvalue weighted by atomic mass is 10.2. The third kappa shape index (κ3) is 11.8. The van der Waals surface area contributed by atoms with Gasteiger partial charge in [-0.1, -0.05) is 6.07 Å². The fourth-order valence-electron chi connectivity index (χ4n) is 3.20. The van der Waals surface area contributed by atoms with E-state index in [1.165, 1.54) is 6.20 Å². The number of hydrogen-bond donors (Lipinski definition) is 3.